The third-order valence-electron chi connectivity index (χ3n) is 4.44. The van der Waals surface area contributed by atoms with Gasteiger partial charge in [-0.15, -0.1) is 0 Å². The number of benzene rings is 1. The molecule has 1 aromatic carbocycles. The molecule has 0 spiro atoms. The summed E-state index contributed by atoms with van der Waals surface area (Å²) < 4.78 is 27.7. The van der Waals surface area contributed by atoms with Crippen molar-refractivity contribution in [1.82, 2.24) is 4.90 Å². The van der Waals surface area contributed by atoms with E-state index in [1.807, 2.05) is 13.8 Å². The predicted octanol–water partition coefficient (Wildman–Crippen LogP) is 3.57. The summed E-state index contributed by atoms with van der Waals surface area (Å²) in [5.41, 5.74) is -0.305. The molecule has 0 radical (unpaired) electrons. The van der Waals surface area contributed by atoms with Crippen molar-refractivity contribution in [2.45, 2.75) is 51.7 Å². The molecule has 0 aromatic heterocycles. The molecule has 1 N–H and O–H groups in total. The maximum absolute atomic E-state index is 14.1. The number of hydrogen-bond acceptors (Lipinski definition) is 2. The van der Waals surface area contributed by atoms with E-state index < -0.39 is 23.3 Å². The van der Waals surface area contributed by atoms with Crippen LogP contribution in [0.4, 0.5) is 8.78 Å². The van der Waals surface area contributed by atoms with Gasteiger partial charge in [0.25, 0.3) is 0 Å². The third kappa shape index (κ3) is 2.72. The quantitative estimate of drug-likeness (QED) is 0.916. The number of piperidine rings is 1. The van der Waals surface area contributed by atoms with Crippen LogP contribution in [0, 0.1) is 18.6 Å². The van der Waals surface area contributed by atoms with Gasteiger partial charge >= 0.3 is 0 Å². The molecule has 112 valence electrons. The van der Waals surface area contributed by atoms with E-state index in [2.05, 4.69) is 4.90 Å². The van der Waals surface area contributed by atoms with E-state index in [4.69, 9.17) is 0 Å². The molecule has 0 bridgehead atoms. The lowest BCUT2D eigenvalue weighted by molar-refractivity contribution is -0.0227. The second-order valence-electron chi connectivity index (χ2n) is 6.20. The highest BCUT2D eigenvalue weighted by Gasteiger charge is 2.37. The Morgan fingerprint density at radius 1 is 1.10 bits per heavy atom. The number of aryl methyl sites for hydroxylation is 1. The highest BCUT2D eigenvalue weighted by atomic mass is 19.2. The second-order valence-corrected chi connectivity index (χ2v) is 6.20. The van der Waals surface area contributed by atoms with E-state index in [9.17, 15) is 13.9 Å². The molecule has 1 aliphatic rings. The van der Waals surface area contributed by atoms with Crippen LogP contribution in [-0.2, 0) is 0 Å². The molecule has 1 unspecified atom stereocenters. The summed E-state index contributed by atoms with van der Waals surface area (Å²) >= 11 is 0. The van der Waals surface area contributed by atoms with E-state index in [0.717, 1.165) is 25.9 Å². The third-order valence-corrected chi connectivity index (χ3v) is 4.44. The number of likely N-dealkylation sites (tertiary alicyclic amines) is 1. The van der Waals surface area contributed by atoms with Crippen molar-refractivity contribution in [1.29, 1.82) is 0 Å². The van der Waals surface area contributed by atoms with Gasteiger partial charge in [-0.2, -0.15) is 0 Å². The lowest BCUT2D eigenvalue weighted by atomic mass is 9.87. The topological polar surface area (TPSA) is 23.5 Å². The van der Waals surface area contributed by atoms with Crippen LogP contribution in [0.1, 0.15) is 50.3 Å². The lowest BCUT2D eigenvalue weighted by Crippen LogP contribution is -2.50. The average molecular weight is 283 g/mol. The fraction of sp³-hybridized carbons (Fsp3) is 0.625. The number of aliphatic hydroxyl groups excluding tert-OH is 1. The molecule has 2 nitrogen and oxygen atoms in total. The van der Waals surface area contributed by atoms with Gasteiger partial charge in [-0.05, 0) is 52.3 Å². The van der Waals surface area contributed by atoms with Crippen LogP contribution in [0.5, 0.6) is 0 Å². The maximum Gasteiger partial charge on any atom is 0.164 e. The van der Waals surface area contributed by atoms with Crippen molar-refractivity contribution in [2.24, 2.45) is 0 Å². The fourth-order valence-corrected chi connectivity index (χ4v) is 2.90. The Labute approximate surface area is 119 Å². The Balaban J connectivity index is 2.29. The Morgan fingerprint density at radius 3 is 2.30 bits per heavy atom. The van der Waals surface area contributed by atoms with Crippen LogP contribution < -0.4 is 0 Å². The molecule has 0 amide bonds. The summed E-state index contributed by atoms with van der Waals surface area (Å²) in [6, 6.07) is 3.01. The van der Waals surface area contributed by atoms with Gasteiger partial charge in [0.2, 0.25) is 0 Å². The molecule has 1 aromatic rings. The smallest absolute Gasteiger partial charge is 0.164 e. The molecule has 1 heterocycles. The molecule has 1 fully saturated rings. The van der Waals surface area contributed by atoms with E-state index in [0.29, 0.717) is 0 Å². The van der Waals surface area contributed by atoms with Crippen molar-refractivity contribution in [3.05, 3.63) is 34.9 Å². The van der Waals surface area contributed by atoms with E-state index in [1.165, 1.54) is 25.5 Å². The first kappa shape index (κ1) is 15.4. The van der Waals surface area contributed by atoms with E-state index in [1.54, 1.807) is 0 Å². The first-order valence-electron chi connectivity index (χ1n) is 7.23. The fourth-order valence-electron chi connectivity index (χ4n) is 2.90. The van der Waals surface area contributed by atoms with Crippen molar-refractivity contribution >= 4 is 0 Å². The van der Waals surface area contributed by atoms with Crippen molar-refractivity contribution in [3.8, 4) is 0 Å². The highest BCUT2D eigenvalue weighted by molar-refractivity contribution is 5.28. The van der Waals surface area contributed by atoms with Gasteiger partial charge in [0.1, 0.15) is 0 Å². The number of hydrogen-bond donors (Lipinski definition) is 1. The first-order valence-corrected chi connectivity index (χ1v) is 7.23. The Kier molecular flexibility index (Phi) is 4.45. The molecule has 20 heavy (non-hydrogen) atoms. The monoisotopic (exact) mass is 283 g/mol. The number of halogens is 2. The minimum Gasteiger partial charge on any atom is -0.386 e. The summed E-state index contributed by atoms with van der Waals surface area (Å²) in [6.45, 7) is 7.07. The zero-order valence-corrected chi connectivity index (χ0v) is 12.4. The summed E-state index contributed by atoms with van der Waals surface area (Å²) in [5.74, 6) is -1.79. The molecule has 1 saturated heterocycles. The number of nitrogens with zero attached hydrogens (tertiary/aromatic N) is 1. The summed E-state index contributed by atoms with van der Waals surface area (Å²) in [7, 11) is 0. The van der Waals surface area contributed by atoms with Gasteiger partial charge in [-0.1, -0.05) is 18.6 Å². The van der Waals surface area contributed by atoms with Crippen LogP contribution >= 0.6 is 0 Å². The van der Waals surface area contributed by atoms with E-state index >= 15 is 0 Å². The largest absolute Gasteiger partial charge is 0.386 e. The van der Waals surface area contributed by atoms with Gasteiger partial charge < -0.3 is 5.11 Å². The van der Waals surface area contributed by atoms with Gasteiger partial charge in [0.05, 0.1) is 6.10 Å². The molecule has 1 aliphatic heterocycles. The van der Waals surface area contributed by atoms with Crippen LogP contribution in [0.2, 0.25) is 0 Å². The van der Waals surface area contributed by atoms with Crippen LogP contribution in [0.3, 0.4) is 0 Å². The molecule has 0 aliphatic carbocycles. The van der Waals surface area contributed by atoms with Gasteiger partial charge in [-0.3, -0.25) is 4.90 Å². The first-order chi connectivity index (χ1) is 9.35. The van der Waals surface area contributed by atoms with Gasteiger partial charge in [0, 0.05) is 11.1 Å². The lowest BCUT2D eigenvalue weighted by Gasteiger charge is -2.44. The van der Waals surface area contributed by atoms with Crippen molar-refractivity contribution < 1.29 is 13.9 Å². The number of rotatable bonds is 3. The Hall–Kier alpha value is -1.00. The van der Waals surface area contributed by atoms with Crippen LogP contribution in [-0.4, -0.2) is 28.6 Å². The normalized spacial score (nSPS) is 19.1. The predicted molar refractivity (Wildman–Crippen MR) is 75.6 cm³/mol. The number of aliphatic hydroxyl groups is 1. The Bertz CT molecular complexity index is 482. The van der Waals surface area contributed by atoms with Crippen LogP contribution in [0.15, 0.2) is 12.1 Å². The Morgan fingerprint density at radius 2 is 1.70 bits per heavy atom. The van der Waals surface area contributed by atoms with Crippen molar-refractivity contribution in [2.75, 3.05) is 13.1 Å². The molecule has 4 heteroatoms. The van der Waals surface area contributed by atoms with Crippen molar-refractivity contribution in [3.63, 3.8) is 0 Å². The average Bonchev–Trinajstić information content (AvgIpc) is 2.45. The standard InChI is InChI=1S/C16H23F2NO/c1-11-7-8-12(14(18)13(11)17)15(20)16(2,3)19-9-5-4-6-10-19/h7-8,15,20H,4-6,9-10H2,1-3H3. The zero-order chi connectivity index (χ0) is 14.9. The molecule has 0 saturated carbocycles. The summed E-state index contributed by atoms with van der Waals surface area (Å²) in [4.78, 5) is 2.17. The SMILES string of the molecule is Cc1ccc(C(O)C(C)(C)N2CCCCC2)c(F)c1F. The molecular formula is C16H23F2NO. The van der Waals surface area contributed by atoms with E-state index in [-0.39, 0.29) is 11.1 Å². The summed E-state index contributed by atoms with van der Waals surface area (Å²) in [5, 5.41) is 10.5. The molecule has 1 atom stereocenters. The highest BCUT2D eigenvalue weighted by Crippen LogP contribution is 2.35. The minimum atomic E-state index is -1.05. The maximum atomic E-state index is 14.1. The molecule has 2 rings (SSSR count). The van der Waals surface area contributed by atoms with Crippen LogP contribution in [0.25, 0.3) is 0 Å². The van der Waals surface area contributed by atoms with Gasteiger partial charge in [-0.25, -0.2) is 8.78 Å². The second kappa shape index (κ2) is 5.78. The summed E-state index contributed by atoms with van der Waals surface area (Å²) in [6.07, 6.45) is 2.31. The minimum absolute atomic E-state index is 0.0451. The molecular weight excluding hydrogens is 260 g/mol. The zero-order valence-electron chi connectivity index (χ0n) is 12.4. The van der Waals surface area contributed by atoms with Gasteiger partial charge in [0.15, 0.2) is 11.6 Å².